The Balaban J connectivity index is 2.98. The first-order valence-electron chi connectivity index (χ1n) is 5.11. The van der Waals surface area contributed by atoms with Crippen LogP contribution in [-0.4, -0.2) is 17.1 Å². The number of nitro benzene ring substituents is 1. The largest absolute Gasteiger partial charge is 0.497 e. The molecule has 0 radical (unpaired) electrons. The van der Waals surface area contributed by atoms with Crippen LogP contribution in [0.1, 0.15) is 19.8 Å². The second kappa shape index (κ2) is 6.24. The first-order valence-corrected chi connectivity index (χ1v) is 5.93. The molecular weight excluding hydrogens is 242 g/mol. The van der Waals surface area contributed by atoms with E-state index < -0.39 is 4.92 Å². The molecular formula is C11H13NO4S. The van der Waals surface area contributed by atoms with Crippen LogP contribution in [-0.2, 0) is 4.79 Å². The molecule has 5 nitrogen and oxygen atoms in total. The van der Waals surface area contributed by atoms with Crippen LogP contribution in [0.5, 0.6) is 5.75 Å². The molecule has 0 aliphatic carbocycles. The summed E-state index contributed by atoms with van der Waals surface area (Å²) in [6.45, 7) is 1.89. The van der Waals surface area contributed by atoms with Crippen molar-refractivity contribution in [1.29, 1.82) is 0 Å². The number of methoxy groups -OCH3 is 1. The Kier molecular flexibility index (Phi) is 4.96. The van der Waals surface area contributed by atoms with E-state index in [4.69, 9.17) is 4.74 Å². The molecule has 1 aromatic carbocycles. The number of nitro groups is 1. The van der Waals surface area contributed by atoms with Crippen molar-refractivity contribution in [3.05, 3.63) is 28.3 Å². The Morgan fingerprint density at radius 3 is 2.76 bits per heavy atom. The van der Waals surface area contributed by atoms with Crippen LogP contribution in [0.25, 0.3) is 0 Å². The molecule has 0 saturated heterocycles. The minimum atomic E-state index is -0.510. The van der Waals surface area contributed by atoms with Crippen LogP contribution in [0.3, 0.4) is 0 Å². The monoisotopic (exact) mass is 255 g/mol. The van der Waals surface area contributed by atoms with Crippen molar-refractivity contribution in [3.8, 4) is 5.75 Å². The van der Waals surface area contributed by atoms with Crippen molar-refractivity contribution < 1.29 is 14.5 Å². The van der Waals surface area contributed by atoms with Crippen LogP contribution < -0.4 is 4.74 Å². The van der Waals surface area contributed by atoms with Crippen LogP contribution in [0.2, 0.25) is 0 Å². The molecule has 0 spiro atoms. The Labute approximate surface area is 103 Å². The van der Waals surface area contributed by atoms with Gasteiger partial charge in [-0.2, -0.15) is 0 Å². The summed E-state index contributed by atoms with van der Waals surface area (Å²) in [6, 6.07) is 4.46. The van der Waals surface area contributed by atoms with Gasteiger partial charge in [0, 0.05) is 6.42 Å². The van der Waals surface area contributed by atoms with Gasteiger partial charge in [-0.05, 0) is 30.3 Å². The lowest BCUT2D eigenvalue weighted by Crippen LogP contribution is -1.96. The molecule has 0 atom stereocenters. The molecule has 17 heavy (non-hydrogen) atoms. The third-order valence-electron chi connectivity index (χ3n) is 2.04. The molecule has 1 rings (SSSR count). The summed E-state index contributed by atoms with van der Waals surface area (Å²) in [4.78, 5) is 22.2. The van der Waals surface area contributed by atoms with Gasteiger partial charge in [0.2, 0.25) is 0 Å². The molecule has 0 N–H and O–H groups in total. The van der Waals surface area contributed by atoms with Crippen LogP contribution in [0, 0.1) is 10.1 Å². The minimum absolute atomic E-state index is 0.0687. The van der Waals surface area contributed by atoms with Crippen molar-refractivity contribution in [1.82, 2.24) is 0 Å². The second-order valence-electron chi connectivity index (χ2n) is 3.31. The number of thioether (sulfide) groups is 1. The van der Waals surface area contributed by atoms with Crippen molar-refractivity contribution in [2.75, 3.05) is 7.11 Å². The van der Waals surface area contributed by atoms with Gasteiger partial charge in [0.25, 0.3) is 5.69 Å². The minimum Gasteiger partial charge on any atom is -0.497 e. The Bertz CT molecular complexity index is 433. The van der Waals surface area contributed by atoms with E-state index in [0.29, 0.717) is 17.1 Å². The van der Waals surface area contributed by atoms with Gasteiger partial charge < -0.3 is 4.74 Å². The summed E-state index contributed by atoms with van der Waals surface area (Å²) in [5, 5.41) is 10.8. The molecule has 92 valence electrons. The van der Waals surface area contributed by atoms with Gasteiger partial charge in [0.15, 0.2) is 5.12 Å². The van der Waals surface area contributed by atoms with Crippen molar-refractivity contribution in [2.24, 2.45) is 0 Å². The van der Waals surface area contributed by atoms with E-state index in [1.54, 1.807) is 6.07 Å². The zero-order chi connectivity index (χ0) is 12.8. The van der Waals surface area contributed by atoms with Crippen molar-refractivity contribution in [3.63, 3.8) is 0 Å². The molecule has 0 aliphatic rings. The van der Waals surface area contributed by atoms with E-state index in [1.807, 2.05) is 6.92 Å². The average Bonchev–Trinajstić information content (AvgIpc) is 2.29. The SMILES string of the molecule is CCCC(=O)Sc1ccc(OC)cc1[N+](=O)[O-]. The van der Waals surface area contributed by atoms with Gasteiger partial charge in [-0.15, -0.1) is 0 Å². The molecule has 0 bridgehead atoms. The van der Waals surface area contributed by atoms with Gasteiger partial charge >= 0.3 is 0 Å². The highest BCUT2D eigenvalue weighted by Gasteiger charge is 2.18. The Morgan fingerprint density at radius 2 is 2.24 bits per heavy atom. The summed E-state index contributed by atoms with van der Waals surface area (Å²) in [5.74, 6) is 0.406. The maximum Gasteiger partial charge on any atom is 0.287 e. The summed E-state index contributed by atoms with van der Waals surface area (Å²) >= 11 is 0.906. The van der Waals surface area contributed by atoms with E-state index in [9.17, 15) is 14.9 Å². The number of hydrogen-bond acceptors (Lipinski definition) is 5. The lowest BCUT2D eigenvalue weighted by Gasteiger charge is -2.04. The Morgan fingerprint density at radius 1 is 1.53 bits per heavy atom. The van der Waals surface area contributed by atoms with Crippen LogP contribution in [0.15, 0.2) is 23.1 Å². The van der Waals surface area contributed by atoms with Crippen molar-refractivity contribution >= 4 is 22.6 Å². The maximum absolute atomic E-state index is 11.5. The lowest BCUT2D eigenvalue weighted by molar-refractivity contribution is -0.387. The fraction of sp³-hybridized carbons (Fsp3) is 0.364. The summed E-state index contributed by atoms with van der Waals surface area (Å²) in [7, 11) is 1.44. The number of rotatable bonds is 5. The molecule has 0 unspecified atom stereocenters. The van der Waals surface area contributed by atoms with Gasteiger partial charge in [0.05, 0.1) is 23.0 Å². The number of nitrogens with zero attached hydrogens (tertiary/aromatic N) is 1. The van der Waals surface area contributed by atoms with E-state index >= 15 is 0 Å². The van der Waals surface area contributed by atoms with E-state index in [0.717, 1.165) is 18.2 Å². The smallest absolute Gasteiger partial charge is 0.287 e. The molecule has 0 saturated carbocycles. The number of benzene rings is 1. The zero-order valence-electron chi connectivity index (χ0n) is 9.63. The van der Waals surface area contributed by atoms with Gasteiger partial charge in [-0.25, -0.2) is 0 Å². The van der Waals surface area contributed by atoms with Gasteiger partial charge in [-0.1, -0.05) is 6.92 Å². The predicted octanol–water partition coefficient (Wildman–Crippen LogP) is 3.02. The normalized spacial score (nSPS) is 10.0. The van der Waals surface area contributed by atoms with Crippen molar-refractivity contribution in [2.45, 2.75) is 24.7 Å². The molecule has 0 aromatic heterocycles. The fourth-order valence-electron chi connectivity index (χ4n) is 1.23. The molecule has 0 fully saturated rings. The fourth-order valence-corrected chi connectivity index (χ4v) is 2.16. The van der Waals surface area contributed by atoms with E-state index in [2.05, 4.69) is 0 Å². The predicted molar refractivity (Wildman–Crippen MR) is 65.4 cm³/mol. The van der Waals surface area contributed by atoms with E-state index in [-0.39, 0.29) is 10.8 Å². The third-order valence-corrected chi connectivity index (χ3v) is 3.04. The number of carbonyl (C=O) groups excluding carboxylic acids is 1. The standard InChI is InChI=1S/C11H13NO4S/c1-3-4-11(13)17-10-6-5-8(16-2)7-9(10)12(14)15/h5-7H,3-4H2,1-2H3. The molecule has 0 amide bonds. The highest BCUT2D eigenvalue weighted by atomic mass is 32.2. The third kappa shape index (κ3) is 3.74. The Hall–Kier alpha value is -1.56. The number of hydrogen-bond donors (Lipinski definition) is 0. The van der Waals surface area contributed by atoms with Crippen LogP contribution >= 0.6 is 11.8 Å². The molecule has 0 aliphatic heterocycles. The van der Waals surface area contributed by atoms with Crippen LogP contribution in [0.4, 0.5) is 5.69 Å². The quantitative estimate of drug-likeness (QED) is 0.459. The summed E-state index contributed by atoms with van der Waals surface area (Å²) in [6.07, 6.45) is 1.14. The highest BCUT2D eigenvalue weighted by molar-refractivity contribution is 8.13. The molecule has 0 heterocycles. The number of ether oxygens (including phenoxy) is 1. The molecule has 1 aromatic rings. The molecule has 6 heteroatoms. The summed E-state index contributed by atoms with van der Waals surface area (Å²) in [5.41, 5.74) is -0.0983. The van der Waals surface area contributed by atoms with Gasteiger partial charge in [-0.3, -0.25) is 14.9 Å². The van der Waals surface area contributed by atoms with Gasteiger partial charge in [0.1, 0.15) is 5.75 Å². The zero-order valence-corrected chi connectivity index (χ0v) is 10.5. The first kappa shape index (κ1) is 13.5. The second-order valence-corrected chi connectivity index (χ2v) is 4.41. The highest BCUT2D eigenvalue weighted by Crippen LogP contribution is 2.33. The topological polar surface area (TPSA) is 69.4 Å². The maximum atomic E-state index is 11.5. The number of carbonyl (C=O) groups is 1. The summed E-state index contributed by atoms with van der Waals surface area (Å²) < 4.78 is 4.91. The lowest BCUT2D eigenvalue weighted by atomic mass is 10.3. The van der Waals surface area contributed by atoms with E-state index in [1.165, 1.54) is 19.2 Å². The first-order chi connectivity index (χ1) is 8.08. The average molecular weight is 255 g/mol.